The van der Waals surface area contributed by atoms with E-state index in [2.05, 4.69) is 31.0 Å². The van der Waals surface area contributed by atoms with E-state index >= 15 is 0 Å². The van der Waals surface area contributed by atoms with Crippen LogP contribution in [-0.2, 0) is 0 Å². The third kappa shape index (κ3) is 2.77. The molecular formula is C16H15ClN2. The first-order chi connectivity index (χ1) is 9.02. The van der Waals surface area contributed by atoms with Crippen LogP contribution in [0.15, 0.2) is 30.3 Å². The van der Waals surface area contributed by atoms with Crippen molar-refractivity contribution in [2.24, 2.45) is 0 Å². The van der Waals surface area contributed by atoms with Gasteiger partial charge in [0.2, 0.25) is 0 Å². The van der Waals surface area contributed by atoms with Crippen molar-refractivity contribution in [1.29, 1.82) is 5.26 Å². The van der Waals surface area contributed by atoms with Gasteiger partial charge < -0.3 is 0 Å². The maximum absolute atomic E-state index is 8.93. The van der Waals surface area contributed by atoms with Gasteiger partial charge in [0, 0.05) is 5.56 Å². The minimum absolute atomic E-state index is 0.260. The molecule has 0 fully saturated rings. The zero-order valence-electron chi connectivity index (χ0n) is 11.2. The van der Waals surface area contributed by atoms with Crippen LogP contribution in [0.2, 0.25) is 5.15 Å². The first-order valence-electron chi connectivity index (χ1n) is 6.20. The Balaban J connectivity index is 2.48. The predicted molar refractivity (Wildman–Crippen MR) is 78.2 cm³/mol. The lowest BCUT2D eigenvalue weighted by molar-refractivity contribution is 0.867. The molecule has 0 saturated heterocycles. The summed E-state index contributed by atoms with van der Waals surface area (Å²) in [5.74, 6) is 0.507. The van der Waals surface area contributed by atoms with Crippen molar-refractivity contribution in [3.05, 3.63) is 52.2 Å². The third-order valence-corrected chi connectivity index (χ3v) is 3.43. The molecule has 0 bridgehead atoms. The van der Waals surface area contributed by atoms with E-state index < -0.39 is 0 Å². The Hall–Kier alpha value is -1.85. The summed E-state index contributed by atoms with van der Waals surface area (Å²) in [5, 5.41) is 9.19. The van der Waals surface area contributed by atoms with Gasteiger partial charge in [-0.05, 0) is 30.0 Å². The summed E-state index contributed by atoms with van der Waals surface area (Å²) in [4.78, 5) is 4.33. The molecule has 0 saturated carbocycles. The van der Waals surface area contributed by atoms with Crippen LogP contribution in [0.25, 0.3) is 11.3 Å². The fourth-order valence-corrected chi connectivity index (χ4v) is 2.17. The van der Waals surface area contributed by atoms with Gasteiger partial charge >= 0.3 is 0 Å². The average Bonchev–Trinajstić information content (AvgIpc) is 2.41. The van der Waals surface area contributed by atoms with Gasteiger partial charge in [-0.3, -0.25) is 0 Å². The number of benzene rings is 1. The molecule has 3 heteroatoms. The van der Waals surface area contributed by atoms with Gasteiger partial charge in [0.15, 0.2) is 0 Å². The van der Waals surface area contributed by atoms with E-state index in [1.165, 1.54) is 5.56 Å². The van der Waals surface area contributed by atoms with Crippen molar-refractivity contribution in [2.75, 3.05) is 0 Å². The molecule has 0 atom stereocenters. The number of rotatable bonds is 2. The monoisotopic (exact) mass is 270 g/mol. The molecule has 96 valence electrons. The van der Waals surface area contributed by atoms with Gasteiger partial charge in [0.05, 0.1) is 11.3 Å². The molecule has 2 rings (SSSR count). The molecule has 2 aromatic rings. The Bertz CT molecular complexity index is 637. The number of nitrogens with zero attached hydrogens (tertiary/aromatic N) is 2. The smallest absolute Gasteiger partial charge is 0.147 e. The molecule has 0 aliphatic heterocycles. The average molecular weight is 271 g/mol. The fourth-order valence-electron chi connectivity index (χ4n) is 1.99. The lowest BCUT2D eigenvalue weighted by atomic mass is 9.99. The first-order valence-corrected chi connectivity index (χ1v) is 6.58. The Kier molecular flexibility index (Phi) is 3.87. The number of nitriles is 1. The van der Waals surface area contributed by atoms with Crippen LogP contribution in [0.3, 0.4) is 0 Å². The van der Waals surface area contributed by atoms with Crippen LogP contribution in [0.1, 0.15) is 36.5 Å². The molecule has 1 aromatic heterocycles. The standard InChI is InChI=1S/C16H15ClN2/c1-10(2)12-4-6-13(7-5-12)15-11(3)8-14(9-18)16(17)19-15/h4-8,10H,1-3H3. The number of hydrogen-bond acceptors (Lipinski definition) is 2. The lowest BCUT2D eigenvalue weighted by Gasteiger charge is -2.09. The van der Waals surface area contributed by atoms with Gasteiger partial charge in [-0.2, -0.15) is 5.26 Å². The van der Waals surface area contributed by atoms with Crippen molar-refractivity contribution in [1.82, 2.24) is 4.98 Å². The summed E-state index contributed by atoms with van der Waals surface area (Å²) < 4.78 is 0. The van der Waals surface area contributed by atoms with Crippen LogP contribution in [0, 0.1) is 18.3 Å². The van der Waals surface area contributed by atoms with Gasteiger partial charge in [-0.1, -0.05) is 49.7 Å². The zero-order chi connectivity index (χ0) is 14.0. The highest BCUT2D eigenvalue weighted by Gasteiger charge is 2.09. The molecule has 0 radical (unpaired) electrons. The van der Waals surface area contributed by atoms with Crippen molar-refractivity contribution >= 4 is 11.6 Å². The Morgan fingerprint density at radius 1 is 1.21 bits per heavy atom. The second kappa shape index (κ2) is 5.42. The Morgan fingerprint density at radius 3 is 2.37 bits per heavy atom. The van der Waals surface area contributed by atoms with Gasteiger partial charge in [0.25, 0.3) is 0 Å². The number of hydrogen-bond donors (Lipinski definition) is 0. The minimum atomic E-state index is 0.260. The number of pyridine rings is 1. The summed E-state index contributed by atoms with van der Waals surface area (Å²) in [6.45, 7) is 6.27. The van der Waals surface area contributed by atoms with E-state index in [0.29, 0.717) is 11.5 Å². The molecule has 1 heterocycles. The van der Waals surface area contributed by atoms with E-state index in [9.17, 15) is 0 Å². The molecule has 0 spiro atoms. The van der Waals surface area contributed by atoms with Crippen LogP contribution in [-0.4, -0.2) is 4.98 Å². The topological polar surface area (TPSA) is 36.7 Å². The zero-order valence-corrected chi connectivity index (χ0v) is 12.0. The molecule has 0 unspecified atom stereocenters. The molecule has 2 nitrogen and oxygen atoms in total. The van der Waals surface area contributed by atoms with E-state index in [1.807, 2.05) is 25.1 Å². The highest BCUT2D eigenvalue weighted by molar-refractivity contribution is 6.30. The second-order valence-electron chi connectivity index (χ2n) is 4.88. The fraction of sp³-hybridized carbons (Fsp3) is 0.250. The Morgan fingerprint density at radius 2 is 1.84 bits per heavy atom. The third-order valence-electron chi connectivity index (χ3n) is 3.14. The first kappa shape index (κ1) is 13.6. The van der Waals surface area contributed by atoms with E-state index in [-0.39, 0.29) is 5.15 Å². The normalized spacial score (nSPS) is 10.5. The van der Waals surface area contributed by atoms with Gasteiger partial charge in [-0.25, -0.2) is 4.98 Å². The van der Waals surface area contributed by atoms with Crippen molar-refractivity contribution in [3.8, 4) is 17.3 Å². The van der Waals surface area contributed by atoms with Gasteiger partial charge in [0.1, 0.15) is 11.2 Å². The van der Waals surface area contributed by atoms with Crippen molar-refractivity contribution in [3.63, 3.8) is 0 Å². The molecule has 0 aliphatic rings. The lowest BCUT2D eigenvalue weighted by Crippen LogP contribution is -1.93. The number of aryl methyl sites for hydroxylation is 1. The van der Waals surface area contributed by atoms with Crippen LogP contribution in [0.5, 0.6) is 0 Å². The quantitative estimate of drug-likeness (QED) is 0.741. The van der Waals surface area contributed by atoms with Crippen molar-refractivity contribution in [2.45, 2.75) is 26.7 Å². The largest absolute Gasteiger partial charge is 0.234 e. The van der Waals surface area contributed by atoms with Crippen LogP contribution < -0.4 is 0 Å². The molecular weight excluding hydrogens is 256 g/mol. The summed E-state index contributed by atoms with van der Waals surface area (Å²) in [6.07, 6.45) is 0. The molecule has 0 aliphatic carbocycles. The number of aromatic nitrogens is 1. The SMILES string of the molecule is Cc1cc(C#N)c(Cl)nc1-c1ccc(C(C)C)cc1. The minimum Gasteiger partial charge on any atom is -0.234 e. The highest BCUT2D eigenvalue weighted by atomic mass is 35.5. The van der Waals surface area contributed by atoms with Crippen LogP contribution in [0.4, 0.5) is 0 Å². The summed E-state index contributed by atoms with van der Waals surface area (Å²) in [5.41, 5.74) is 4.52. The van der Waals surface area contributed by atoms with Gasteiger partial charge in [-0.15, -0.1) is 0 Å². The predicted octanol–water partition coefficient (Wildman–Crippen LogP) is 4.71. The Labute approximate surface area is 118 Å². The van der Waals surface area contributed by atoms with Crippen LogP contribution >= 0.6 is 11.6 Å². The summed E-state index contributed by atoms with van der Waals surface area (Å²) >= 11 is 6.00. The molecule has 19 heavy (non-hydrogen) atoms. The summed E-state index contributed by atoms with van der Waals surface area (Å²) in [7, 11) is 0. The molecule has 1 aromatic carbocycles. The highest BCUT2D eigenvalue weighted by Crippen LogP contribution is 2.27. The molecule has 0 N–H and O–H groups in total. The molecule has 0 amide bonds. The van der Waals surface area contributed by atoms with E-state index in [0.717, 1.165) is 16.8 Å². The van der Waals surface area contributed by atoms with E-state index in [1.54, 1.807) is 6.07 Å². The summed E-state index contributed by atoms with van der Waals surface area (Å²) in [6, 6.07) is 12.1. The van der Waals surface area contributed by atoms with E-state index in [4.69, 9.17) is 16.9 Å². The maximum atomic E-state index is 8.93. The maximum Gasteiger partial charge on any atom is 0.147 e. The van der Waals surface area contributed by atoms with Crippen molar-refractivity contribution < 1.29 is 0 Å². The number of halogens is 1. The second-order valence-corrected chi connectivity index (χ2v) is 5.24.